The van der Waals surface area contributed by atoms with Gasteiger partial charge in [0.1, 0.15) is 5.75 Å². The summed E-state index contributed by atoms with van der Waals surface area (Å²) < 4.78 is 85.7. The van der Waals surface area contributed by atoms with Crippen LogP contribution >= 0.6 is 0 Å². The molecule has 0 amide bonds. The normalized spacial score (nSPS) is 19.5. The summed E-state index contributed by atoms with van der Waals surface area (Å²) >= 11 is 0. The Morgan fingerprint density at radius 2 is 1.44 bits per heavy atom. The van der Waals surface area contributed by atoms with Crippen molar-refractivity contribution in [3.8, 4) is 5.75 Å². The van der Waals surface area contributed by atoms with Crippen LogP contribution in [0.1, 0.15) is 60.4 Å². The maximum atomic E-state index is 13.4. The van der Waals surface area contributed by atoms with Gasteiger partial charge < -0.3 is 4.74 Å². The minimum Gasteiger partial charge on any atom is -0.496 e. The van der Waals surface area contributed by atoms with Gasteiger partial charge in [-0.25, -0.2) is 0 Å². The number of hydrogen-bond donors (Lipinski definition) is 0. The molecule has 9 heteroatoms. The molecule has 0 spiro atoms. The fourth-order valence-corrected chi connectivity index (χ4v) is 5.63. The lowest BCUT2D eigenvalue weighted by atomic mass is 9.94. The number of alkyl halides is 6. The second-order valence-corrected chi connectivity index (χ2v) is 9.72. The Balaban J connectivity index is 1.57. The van der Waals surface area contributed by atoms with Crippen LogP contribution in [-0.2, 0) is 18.8 Å². The van der Waals surface area contributed by atoms with Crippen molar-refractivity contribution in [3.05, 3.63) is 64.7 Å². The number of hydrogen-bond acceptors (Lipinski definition) is 3. The van der Waals surface area contributed by atoms with Gasteiger partial charge in [-0.15, -0.1) is 0 Å². The van der Waals surface area contributed by atoms with E-state index in [1.165, 1.54) is 25.7 Å². The van der Waals surface area contributed by atoms with E-state index in [1.807, 2.05) is 24.3 Å². The third-order valence-corrected chi connectivity index (χ3v) is 7.48. The zero-order valence-corrected chi connectivity index (χ0v) is 20.3. The second kappa shape index (κ2) is 11.0. The van der Waals surface area contributed by atoms with Gasteiger partial charge in [-0.1, -0.05) is 31.0 Å². The van der Waals surface area contributed by atoms with Gasteiger partial charge in [0.15, 0.2) is 0 Å². The summed E-state index contributed by atoms with van der Waals surface area (Å²) in [5.41, 5.74) is -1.61. The number of rotatable bonds is 7. The van der Waals surface area contributed by atoms with E-state index in [0.29, 0.717) is 18.2 Å². The number of para-hydroxylation sites is 1. The van der Waals surface area contributed by atoms with Gasteiger partial charge in [-0.05, 0) is 55.5 Å². The van der Waals surface area contributed by atoms with Crippen molar-refractivity contribution in [2.24, 2.45) is 0 Å². The topological polar surface area (TPSA) is 15.7 Å². The standard InChI is InChI=1S/C27H32F6N2O/c1-36-25-9-5-4-8-23(25)24(35-14-12-34(13-15-35)22-6-2-3-7-22)11-10-19-16-20(26(28,29)30)18-21(17-19)27(31,32)33/h4-5,8-9,16-18,22,24H,2-3,6-7,10-15H2,1H3. The first kappa shape index (κ1) is 26.8. The van der Waals surface area contributed by atoms with Crippen LogP contribution in [0.4, 0.5) is 26.3 Å². The van der Waals surface area contributed by atoms with Crippen LogP contribution in [0, 0.1) is 0 Å². The van der Waals surface area contributed by atoms with Gasteiger partial charge in [-0.2, -0.15) is 26.3 Å². The molecule has 4 rings (SSSR count). The van der Waals surface area contributed by atoms with Crippen LogP contribution in [0.15, 0.2) is 42.5 Å². The minimum atomic E-state index is -4.85. The summed E-state index contributed by atoms with van der Waals surface area (Å²) in [6, 6.07) is 9.79. The predicted molar refractivity (Wildman–Crippen MR) is 126 cm³/mol. The fourth-order valence-electron chi connectivity index (χ4n) is 5.63. The summed E-state index contributed by atoms with van der Waals surface area (Å²) in [6.45, 7) is 3.38. The molecule has 1 aliphatic heterocycles. The fraction of sp³-hybridized carbons (Fsp3) is 0.556. The van der Waals surface area contributed by atoms with Gasteiger partial charge in [-0.3, -0.25) is 9.80 Å². The number of benzene rings is 2. The SMILES string of the molecule is COc1ccccc1C(CCc1cc(C(F)(F)F)cc(C(F)(F)F)c1)N1CCN(C2CCCC2)CC1. The highest BCUT2D eigenvalue weighted by atomic mass is 19.4. The average Bonchev–Trinajstić information content (AvgIpc) is 3.39. The van der Waals surface area contributed by atoms with Gasteiger partial charge in [0.05, 0.1) is 18.2 Å². The molecule has 36 heavy (non-hydrogen) atoms. The largest absolute Gasteiger partial charge is 0.496 e. The van der Waals surface area contributed by atoms with Crippen molar-refractivity contribution in [1.82, 2.24) is 9.80 Å². The maximum absolute atomic E-state index is 13.4. The van der Waals surface area contributed by atoms with E-state index in [1.54, 1.807) is 7.11 Å². The van der Waals surface area contributed by atoms with Crippen LogP contribution in [-0.4, -0.2) is 49.1 Å². The number of piperazine rings is 1. The van der Waals surface area contributed by atoms with E-state index in [4.69, 9.17) is 4.74 Å². The van der Waals surface area contributed by atoms with E-state index in [2.05, 4.69) is 9.80 Å². The zero-order valence-electron chi connectivity index (χ0n) is 20.3. The lowest BCUT2D eigenvalue weighted by Gasteiger charge is -2.42. The van der Waals surface area contributed by atoms with Crippen molar-refractivity contribution >= 4 is 0 Å². The minimum absolute atomic E-state index is 0.0293. The average molecular weight is 515 g/mol. The molecule has 0 aromatic heterocycles. The van der Waals surface area contributed by atoms with Crippen molar-refractivity contribution in [1.29, 1.82) is 0 Å². The summed E-state index contributed by atoms with van der Waals surface area (Å²) in [4.78, 5) is 4.81. The van der Waals surface area contributed by atoms with Crippen LogP contribution in [0.25, 0.3) is 0 Å². The molecule has 2 aromatic rings. The molecule has 2 aliphatic rings. The molecule has 2 aromatic carbocycles. The van der Waals surface area contributed by atoms with Crippen molar-refractivity contribution < 1.29 is 31.1 Å². The van der Waals surface area contributed by atoms with E-state index < -0.39 is 23.5 Å². The first-order valence-corrected chi connectivity index (χ1v) is 12.5. The molecule has 0 bridgehead atoms. The highest BCUT2D eigenvalue weighted by Gasteiger charge is 2.37. The first-order chi connectivity index (χ1) is 17.1. The zero-order chi connectivity index (χ0) is 25.9. The summed E-state index contributed by atoms with van der Waals surface area (Å²) in [7, 11) is 1.57. The molecule has 2 fully saturated rings. The van der Waals surface area contributed by atoms with Gasteiger partial charge in [0, 0.05) is 43.8 Å². The molecule has 1 heterocycles. The maximum Gasteiger partial charge on any atom is 0.416 e. The number of methoxy groups -OCH3 is 1. The van der Waals surface area contributed by atoms with E-state index in [9.17, 15) is 26.3 Å². The lowest BCUT2D eigenvalue weighted by molar-refractivity contribution is -0.143. The molecule has 1 saturated heterocycles. The molecule has 1 unspecified atom stereocenters. The molecule has 0 radical (unpaired) electrons. The highest BCUT2D eigenvalue weighted by Crippen LogP contribution is 2.38. The lowest BCUT2D eigenvalue weighted by Crippen LogP contribution is -2.50. The second-order valence-electron chi connectivity index (χ2n) is 9.72. The Morgan fingerprint density at radius 1 is 0.861 bits per heavy atom. The molecule has 1 aliphatic carbocycles. The van der Waals surface area contributed by atoms with Gasteiger partial charge in [0.25, 0.3) is 0 Å². The van der Waals surface area contributed by atoms with Gasteiger partial charge >= 0.3 is 12.4 Å². The number of ether oxygens (including phenoxy) is 1. The Kier molecular flexibility index (Phi) is 8.19. The summed E-state index contributed by atoms with van der Waals surface area (Å²) in [5.74, 6) is 0.667. The Morgan fingerprint density at radius 3 is 2.00 bits per heavy atom. The van der Waals surface area contributed by atoms with E-state index in [0.717, 1.165) is 43.9 Å². The van der Waals surface area contributed by atoms with Crippen LogP contribution < -0.4 is 4.74 Å². The van der Waals surface area contributed by atoms with Crippen LogP contribution in [0.3, 0.4) is 0 Å². The van der Waals surface area contributed by atoms with E-state index in [-0.39, 0.29) is 24.1 Å². The Hall–Kier alpha value is -2.26. The monoisotopic (exact) mass is 514 g/mol. The van der Waals surface area contributed by atoms with Gasteiger partial charge in [0.2, 0.25) is 0 Å². The molecular formula is C27H32F6N2O. The highest BCUT2D eigenvalue weighted by molar-refractivity contribution is 5.37. The van der Waals surface area contributed by atoms with Crippen molar-refractivity contribution in [3.63, 3.8) is 0 Å². The summed E-state index contributed by atoms with van der Waals surface area (Å²) in [5, 5.41) is 0. The third-order valence-electron chi connectivity index (χ3n) is 7.48. The quantitative estimate of drug-likeness (QED) is 0.371. The molecular weight excluding hydrogens is 482 g/mol. The third kappa shape index (κ3) is 6.35. The number of halogens is 6. The Bertz CT molecular complexity index is 976. The molecule has 3 nitrogen and oxygen atoms in total. The first-order valence-electron chi connectivity index (χ1n) is 12.5. The van der Waals surface area contributed by atoms with Crippen molar-refractivity contribution in [2.45, 2.75) is 63.0 Å². The smallest absolute Gasteiger partial charge is 0.416 e. The van der Waals surface area contributed by atoms with E-state index >= 15 is 0 Å². The summed E-state index contributed by atoms with van der Waals surface area (Å²) in [6.07, 6.45) is -4.30. The molecule has 0 N–H and O–H groups in total. The Labute approximate surface area is 208 Å². The number of aryl methyl sites for hydroxylation is 1. The number of nitrogens with zero attached hydrogens (tertiary/aromatic N) is 2. The van der Waals surface area contributed by atoms with Crippen LogP contribution in [0.2, 0.25) is 0 Å². The molecule has 1 atom stereocenters. The molecule has 198 valence electrons. The van der Waals surface area contributed by atoms with Crippen LogP contribution in [0.5, 0.6) is 5.75 Å². The molecule has 1 saturated carbocycles. The predicted octanol–water partition coefficient (Wildman–Crippen LogP) is 6.97. The van der Waals surface area contributed by atoms with Crippen molar-refractivity contribution in [2.75, 3.05) is 33.3 Å².